The second-order valence-corrected chi connectivity index (χ2v) is 7.42. The van der Waals surface area contributed by atoms with E-state index in [9.17, 15) is 4.79 Å². The molecule has 0 N–H and O–H groups in total. The van der Waals surface area contributed by atoms with E-state index in [0.717, 1.165) is 24.2 Å². The lowest BCUT2D eigenvalue weighted by molar-refractivity contribution is -0.132. The topological polar surface area (TPSA) is 77.7 Å². The number of carbonyl (C=O) groups excluding carboxylic acids is 1. The average molecular weight is 407 g/mol. The largest absolute Gasteiger partial charge is 0.497 e. The van der Waals surface area contributed by atoms with E-state index in [4.69, 9.17) is 14.0 Å². The van der Waals surface area contributed by atoms with Crippen molar-refractivity contribution in [2.24, 2.45) is 0 Å². The van der Waals surface area contributed by atoms with Gasteiger partial charge in [-0.1, -0.05) is 23.4 Å². The van der Waals surface area contributed by atoms with Gasteiger partial charge in [0.15, 0.2) is 6.61 Å². The van der Waals surface area contributed by atoms with E-state index in [-0.39, 0.29) is 19.1 Å². The molecule has 0 fully saturated rings. The molecule has 0 radical (unpaired) electrons. The van der Waals surface area contributed by atoms with E-state index in [2.05, 4.69) is 22.3 Å². The third-order valence-electron chi connectivity index (χ3n) is 5.28. The maximum absolute atomic E-state index is 12.5. The molecule has 0 bridgehead atoms. The lowest BCUT2D eigenvalue weighted by atomic mass is 9.92. The Bertz CT molecular complexity index is 1030. The molecule has 30 heavy (non-hydrogen) atoms. The molecule has 1 aliphatic carbocycles. The summed E-state index contributed by atoms with van der Waals surface area (Å²) in [6.07, 6.45) is 4.65. The number of aromatic nitrogens is 2. The number of benzene rings is 2. The standard InChI is InChI=1S/C23H25N3O4/c1-26(14-21-24-23(25-30-21)18-8-5-9-19(13-18)28-2)22(27)15-29-20-11-10-16-6-3-4-7-17(16)12-20/h5,8-13H,3-4,6-7,14-15H2,1-2H3. The zero-order valence-electron chi connectivity index (χ0n) is 17.3. The quantitative estimate of drug-likeness (QED) is 0.595. The van der Waals surface area contributed by atoms with Crippen molar-refractivity contribution in [2.75, 3.05) is 20.8 Å². The summed E-state index contributed by atoms with van der Waals surface area (Å²) >= 11 is 0. The minimum absolute atomic E-state index is 0.0356. The smallest absolute Gasteiger partial charge is 0.260 e. The second kappa shape index (κ2) is 8.98. The van der Waals surface area contributed by atoms with Crippen LogP contribution in [0.4, 0.5) is 0 Å². The Labute approximate surface area is 175 Å². The maximum atomic E-state index is 12.5. The van der Waals surface area contributed by atoms with Gasteiger partial charge in [-0.15, -0.1) is 0 Å². The third-order valence-corrected chi connectivity index (χ3v) is 5.28. The highest BCUT2D eigenvalue weighted by molar-refractivity contribution is 5.77. The highest BCUT2D eigenvalue weighted by Gasteiger charge is 2.16. The van der Waals surface area contributed by atoms with Crippen LogP contribution in [0.1, 0.15) is 29.9 Å². The first-order chi connectivity index (χ1) is 14.6. The number of fused-ring (bicyclic) bond motifs is 1. The van der Waals surface area contributed by atoms with Crippen molar-refractivity contribution >= 4 is 5.91 Å². The van der Waals surface area contributed by atoms with Crippen molar-refractivity contribution in [3.05, 3.63) is 59.5 Å². The predicted molar refractivity (Wildman–Crippen MR) is 111 cm³/mol. The van der Waals surface area contributed by atoms with Crippen LogP contribution < -0.4 is 9.47 Å². The first-order valence-corrected chi connectivity index (χ1v) is 10.1. The summed E-state index contributed by atoms with van der Waals surface area (Å²) in [7, 11) is 3.29. The Morgan fingerprint density at radius 3 is 2.77 bits per heavy atom. The van der Waals surface area contributed by atoms with Crippen molar-refractivity contribution in [1.29, 1.82) is 0 Å². The number of hydrogen-bond donors (Lipinski definition) is 0. The molecule has 7 heteroatoms. The molecule has 1 aromatic heterocycles. The number of amides is 1. The van der Waals surface area contributed by atoms with Crippen LogP contribution in [-0.2, 0) is 24.2 Å². The lowest BCUT2D eigenvalue weighted by Gasteiger charge is -2.18. The van der Waals surface area contributed by atoms with Gasteiger partial charge in [0.2, 0.25) is 11.7 Å². The fourth-order valence-electron chi connectivity index (χ4n) is 3.54. The molecule has 2 aromatic carbocycles. The van der Waals surface area contributed by atoms with Crippen LogP contribution in [0.15, 0.2) is 47.0 Å². The van der Waals surface area contributed by atoms with Gasteiger partial charge in [0, 0.05) is 12.6 Å². The first kappa shape index (κ1) is 19.9. The summed E-state index contributed by atoms with van der Waals surface area (Å²) < 4.78 is 16.2. The molecule has 156 valence electrons. The molecular formula is C23H25N3O4. The minimum atomic E-state index is -0.158. The van der Waals surface area contributed by atoms with Crippen LogP contribution in [0, 0.1) is 0 Å². The van der Waals surface area contributed by atoms with Crippen LogP contribution in [0.3, 0.4) is 0 Å². The summed E-state index contributed by atoms with van der Waals surface area (Å²) in [5, 5.41) is 4.00. The van der Waals surface area contributed by atoms with E-state index in [1.54, 1.807) is 14.2 Å². The van der Waals surface area contributed by atoms with Crippen LogP contribution in [-0.4, -0.2) is 41.7 Å². The van der Waals surface area contributed by atoms with Crippen LogP contribution in [0.25, 0.3) is 11.4 Å². The molecule has 7 nitrogen and oxygen atoms in total. The van der Waals surface area contributed by atoms with E-state index in [0.29, 0.717) is 17.5 Å². The van der Waals surface area contributed by atoms with Gasteiger partial charge in [-0.2, -0.15) is 4.98 Å². The lowest BCUT2D eigenvalue weighted by Crippen LogP contribution is -2.31. The highest BCUT2D eigenvalue weighted by Crippen LogP contribution is 2.25. The predicted octanol–water partition coefficient (Wildman–Crippen LogP) is 3.66. The fourth-order valence-corrected chi connectivity index (χ4v) is 3.54. The summed E-state index contributed by atoms with van der Waals surface area (Å²) in [5.41, 5.74) is 3.50. The number of hydrogen-bond acceptors (Lipinski definition) is 6. The van der Waals surface area contributed by atoms with Gasteiger partial charge in [-0.3, -0.25) is 4.79 Å². The van der Waals surface area contributed by atoms with Gasteiger partial charge >= 0.3 is 0 Å². The molecule has 0 atom stereocenters. The molecule has 1 aliphatic rings. The van der Waals surface area contributed by atoms with Gasteiger partial charge in [0.05, 0.1) is 13.7 Å². The molecule has 3 aromatic rings. The number of carbonyl (C=O) groups is 1. The third kappa shape index (κ3) is 4.62. The number of nitrogens with zero attached hydrogens (tertiary/aromatic N) is 3. The molecule has 1 amide bonds. The maximum Gasteiger partial charge on any atom is 0.260 e. The SMILES string of the molecule is COc1cccc(-c2noc(CN(C)C(=O)COc3ccc4c(c3)CCCC4)n2)c1. The van der Waals surface area contributed by atoms with Gasteiger partial charge in [-0.05, 0) is 61.1 Å². The molecule has 4 rings (SSSR count). The normalized spacial score (nSPS) is 12.9. The summed E-state index contributed by atoms with van der Waals surface area (Å²) in [6, 6.07) is 13.5. The molecule has 0 saturated heterocycles. The number of methoxy groups -OCH3 is 1. The van der Waals surface area contributed by atoms with E-state index < -0.39 is 0 Å². The molecular weight excluding hydrogens is 382 g/mol. The molecule has 0 saturated carbocycles. The van der Waals surface area contributed by atoms with Crippen molar-refractivity contribution in [2.45, 2.75) is 32.2 Å². The van der Waals surface area contributed by atoms with Gasteiger partial charge in [0.1, 0.15) is 11.5 Å². The Kier molecular flexibility index (Phi) is 5.97. The first-order valence-electron chi connectivity index (χ1n) is 10.1. The van der Waals surface area contributed by atoms with Gasteiger partial charge < -0.3 is 18.9 Å². The molecule has 0 spiro atoms. The van der Waals surface area contributed by atoms with Crippen LogP contribution in [0.2, 0.25) is 0 Å². The zero-order chi connectivity index (χ0) is 20.9. The van der Waals surface area contributed by atoms with Crippen molar-refractivity contribution in [3.63, 3.8) is 0 Å². The zero-order valence-corrected chi connectivity index (χ0v) is 17.3. The monoisotopic (exact) mass is 407 g/mol. The van der Waals surface area contributed by atoms with Gasteiger partial charge in [-0.25, -0.2) is 0 Å². The average Bonchev–Trinajstić information content (AvgIpc) is 3.25. The summed E-state index contributed by atoms with van der Waals surface area (Å²) in [4.78, 5) is 18.4. The summed E-state index contributed by atoms with van der Waals surface area (Å²) in [6.45, 7) is 0.176. The number of likely N-dealkylation sites (N-methyl/N-ethyl adjacent to an activating group) is 1. The van der Waals surface area contributed by atoms with Gasteiger partial charge in [0.25, 0.3) is 5.91 Å². The number of aryl methyl sites for hydroxylation is 2. The molecule has 0 unspecified atom stereocenters. The number of rotatable bonds is 7. The Morgan fingerprint density at radius 2 is 1.93 bits per heavy atom. The van der Waals surface area contributed by atoms with E-state index in [1.807, 2.05) is 30.3 Å². The van der Waals surface area contributed by atoms with E-state index >= 15 is 0 Å². The van der Waals surface area contributed by atoms with Crippen molar-refractivity contribution in [3.8, 4) is 22.9 Å². The Hall–Kier alpha value is -3.35. The molecule has 1 heterocycles. The number of ether oxygens (including phenoxy) is 2. The van der Waals surface area contributed by atoms with Crippen LogP contribution >= 0.6 is 0 Å². The Balaban J connectivity index is 1.33. The van der Waals surface area contributed by atoms with E-state index in [1.165, 1.54) is 28.9 Å². The van der Waals surface area contributed by atoms with Crippen molar-refractivity contribution < 1.29 is 18.8 Å². The second-order valence-electron chi connectivity index (χ2n) is 7.42. The Morgan fingerprint density at radius 1 is 1.10 bits per heavy atom. The summed E-state index contributed by atoms with van der Waals surface area (Å²) in [5.74, 6) is 2.10. The fraction of sp³-hybridized carbons (Fsp3) is 0.348. The highest BCUT2D eigenvalue weighted by atomic mass is 16.5. The molecule has 0 aliphatic heterocycles. The minimum Gasteiger partial charge on any atom is -0.497 e. The van der Waals surface area contributed by atoms with Crippen LogP contribution in [0.5, 0.6) is 11.5 Å². The van der Waals surface area contributed by atoms with Crippen molar-refractivity contribution in [1.82, 2.24) is 15.0 Å².